The van der Waals surface area contributed by atoms with Crippen molar-refractivity contribution >= 4 is 11.5 Å². The number of aliphatic imine (C=N–C) groups is 1. The third kappa shape index (κ3) is 7.41. The summed E-state index contributed by atoms with van der Waals surface area (Å²) in [5, 5.41) is 4.12. The van der Waals surface area contributed by atoms with Gasteiger partial charge in [-0.2, -0.15) is 5.10 Å². The minimum absolute atomic E-state index is 0.457. The molecular weight excluding hydrogens is 402 g/mol. The Bertz CT molecular complexity index is 986. The molecule has 170 valence electrons. The van der Waals surface area contributed by atoms with E-state index in [0.29, 0.717) is 5.84 Å². The van der Waals surface area contributed by atoms with E-state index >= 15 is 0 Å². The Morgan fingerprint density at radius 1 is 1.03 bits per heavy atom. The summed E-state index contributed by atoms with van der Waals surface area (Å²) in [7, 11) is 1.64. The number of hydrogen-bond acceptors (Lipinski definition) is 5. The molecule has 0 aliphatic carbocycles. The summed E-state index contributed by atoms with van der Waals surface area (Å²) in [6, 6.07) is 13.5. The van der Waals surface area contributed by atoms with Gasteiger partial charge >= 0.3 is 0 Å². The highest BCUT2D eigenvalue weighted by molar-refractivity contribution is 5.99. The molecule has 1 aromatic heterocycles. The van der Waals surface area contributed by atoms with E-state index in [2.05, 4.69) is 15.1 Å². The van der Waals surface area contributed by atoms with E-state index in [-0.39, 0.29) is 0 Å². The maximum Gasteiger partial charge on any atom is 0.137 e. The van der Waals surface area contributed by atoms with E-state index in [0.717, 1.165) is 54.3 Å². The van der Waals surface area contributed by atoms with E-state index in [4.69, 9.17) is 15.2 Å². The van der Waals surface area contributed by atoms with Crippen LogP contribution in [-0.4, -0.2) is 34.3 Å². The fraction of sp³-hybridized carbons (Fsp3) is 0.400. The van der Waals surface area contributed by atoms with Crippen molar-refractivity contribution in [2.75, 3.05) is 13.7 Å². The Hall–Kier alpha value is -3.35. The van der Waals surface area contributed by atoms with Crippen LogP contribution in [0.3, 0.4) is 0 Å². The molecule has 7 heteroatoms. The number of ether oxygens (including phenoxy) is 2. The lowest BCUT2D eigenvalue weighted by Gasteiger charge is -2.10. The molecule has 0 amide bonds. The molecule has 0 spiro atoms. The first-order chi connectivity index (χ1) is 15.7. The lowest BCUT2D eigenvalue weighted by molar-refractivity contribution is 0.302. The van der Waals surface area contributed by atoms with E-state index < -0.39 is 0 Å². The van der Waals surface area contributed by atoms with Crippen molar-refractivity contribution in [1.82, 2.24) is 14.8 Å². The first-order valence-corrected chi connectivity index (χ1v) is 11.2. The second kappa shape index (κ2) is 12.5. The van der Waals surface area contributed by atoms with Gasteiger partial charge in [-0.15, -0.1) is 0 Å². The second-order valence-electron chi connectivity index (χ2n) is 7.81. The molecule has 32 heavy (non-hydrogen) atoms. The standard InChI is InChI=1S/C25H33N5O2/c1-20-16-22(29-25(26)21-10-9-11-23(17-21)31-2)12-13-24(20)32-15-8-6-4-3-5-7-14-30-19-27-18-28-30/h9-13,16-19H,3-8,14-15H2,1-2H3,(H2,26,29). The maximum absolute atomic E-state index is 6.18. The molecule has 0 aliphatic heterocycles. The van der Waals surface area contributed by atoms with Crippen LogP contribution in [0.2, 0.25) is 0 Å². The molecule has 0 radical (unpaired) electrons. The number of aryl methyl sites for hydroxylation is 2. The van der Waals surface area contributed by atoms with Crippen molar-refractivity contribution in [3.05, 3.63) is 66.2 Å². The molecular formula is C25H33N5O2. The summed E-state index contributed by atoms with van der Waals surface area (Å²) < 4.78 is 13.1. The molecule has 0 atom stereocenters. The molecule has 0 fully saturated rings. The smallest absolute Gasteiger partial charge is 0.137 e. The van der Waals surface area contributed by atoms with Crippen LogP contribution in [0, 0.1) is 6.92 Å². The summed E-state index contributed by atoms with van der Waals surface area (Å²) in [5.41, 5.74) is 8.87. The molecule has 0 unspecified atom stereocenters. The lowest BCUT2D eigenvalue weighted by atomic mass is 10.1. The summed E-state index contributed by atoms with van der Waals surface area (Å²) >= 11 is 0. The number of methoxy groups -OCH3 is 1. The van der Waals surface area contributed by atoms with Gasteiger partial charge in [0.05, 0.1) is 19.4 Å². The number of rotatable bonds is 13. The van der Waals surface area contributed by atoms with Gasteiger partial charge in [-0.25, -0.2) is 9.98 Å². The Morgan fingerprint density at radius 3 is 2.59 bits per heavy atom. The van der Waals surface area contributed by atoms with Crippen molar-refractivity contribution in [3.8, 4) is 11.5 Å². The highest BCUT2D eigenvalue weighted by Gasteiger charge is 2.04. The van der Waals surface area contributed by atoms with Gasteiger partial charge in [0.15, 0.2) is 0 Å². The fourth-order valence-electron chi connectivity index (χ4n) is 3.46. The zero-order chi connectivity index (χ0) is 22.6. The number of aromatic nitrogens is 3. The number of unbranched alkanes of at least 4 members (excludes halogenated alkanes) is 5. The number of hydrogen-bond donors (Lipinski definition) is 1. The topological polar surface area (TPSA) is 87.5 Å². The van der Waals surface area contributed by atoms with Gasteiger partial charge < -0.3 is 15.2 Å². The Morgan fingerprint density at radius 2 is 1.84 bits per heavy atom. The summed E-state index contributed by atoms with van der Waals surface area (Å²) in [4.78, 5) is 8.50. The Labute approximate surface area is 190 Å². The molecule has 2 N–H and O–H groups in total. The minimum Gasteiger partial charge on any atom is -0.497 e. The van der Waals surface area contributed by atoms with E-state index in [1.807, 2.05) is 54.1 Å². The minimum atomic E-state index is 0.457. The molecule has 0 bridgehead atoms. The molecule has 1 heterocycles. The Kier molecular flexibility index (Phi) is 9.10. The van der Waals surface area contributed by atoms with Crippen molar-refractivity contribution in [3.63, 3.8) is 0 Å². The van der Waals surface area contributed by atoms with Crippen LogP contribution in [0.25, 0.3) is 0 Å². The predicted molar refractivity (Wildman–Crippen MR) is 128 cm³/mol. The number of amidine groups is 1. The normalized spacial score (nSPS) is 11.5. The highest BCUT2D eigenvalue weighted by atomic mass is 16.5. The Balaban J connectivity index is 1.36. The largest absolute Gasteiger partial charge is 0.497 e. The van der Waals surface area contributed by atoms with Gasteiger partial charge in [0.25, 0.3) is 0 Å². The summed E-state index contributed by atoms with van der Waals surface area (Å²) in [5.74, 6) is 2.11. The fourth-order valence-corrected chi connectivity index (χ4v) is 3.46. The second-order valence-corrected chi connectivity index (χ2v) is 7.81. The van der Waals surface area contributed by atoms with Crippen molar-refractivity contribution in [2.24, 2.45) is 10.7 Å². The van der Waals surface area contributed by atoms with Gasteiger partial charge in [0, 0.05) is 12.1 Å². The van der Waals surface area contributed by atoms with Crippen LogP contribution in [0.5, 0.6) is 11.5 Å². The van der Waals surface area contributed by atoms with Crippen molar-refractivity contribution < 1.29 is 9.47 Å². The zero-order valence-electron chi connectivity index (χ0n) is 19.0. The molecule has 3 aromatic rings. The molecule has 3 rings (SSSR count). The molecule has 7 nitrogen and oxygen atoms in total. The molecule has 0 saturated carbocycles. The first-order valence-electron chi connectivity index (χ1n) is 11.2. The van der Waals surface area contributed by atoms with E-state index in [1.165, 1.54) is 25.7 Å². The third-order valence-corrected chi connectivity index (χ3v) is 5.28. The van der Waals surface area contributed by atoms with Gasteiger partial charge in [-0.3, -0.25) is 4.68 Å². The molecule has 0 saturated heterocycles. The quantitative estimate of drug-likeness (QED) is 0.231. The molecule has 0 aliphatic rings. The average molecular weight is 436 g/mol. The summed E-state index contributed by atoms with van der Waals surface area (Å²) in [6.07, 6.45) is 10.4. The highest BCUT2D eigenvalue weighted by Crippen LogP contribution is 2.25. The van der Waals surface area contributed by atoms with Crippen LogP contribution in [-0.2, 0) is 6.54 Å². The van der Waals surface area contributed by atoms with Gasteiger partial charge in [-0.1, -0.05) is 37.8 Å². The maximum atomic E-state index is 6.18. The first kappa shape index (κ1) is 23.3. The zero-order valence-corrected chi connectivity index (χ0v) is 19.0. The number of benzene rings is 2. The van der Waals surface area contributed by atoms with Gasteiger partial charge in [0.2, 0.25) is 0 Å². The molecule has 2 aromatic carbocycles. The van der Waals surface area contributed by atoms with E-state index in [9.17, 15) is 0 Å². The SMILES string of the molecule is COc1cccc(C(N)=Nc2ccc(OCCCCCCCCn3cncn3)c(C)c2)c1. The third-order valence-electron chi connectivity index (χ3n) is 5.28. The average Bonchev–Trinajstić information content (AvgIpc) is 3.33. The van der Waals surface area contributed by atoms with Gasteiger partial charge in [0.1, 0.15) is 30.0 Å². The van der Waals surface area contributed by atoms with E-state index in [1.54, 1.807) is 19.8 Å². The van der Waals surface area contributed by atoms with Crippen LogP contribution in [0.15, 0.2) is 60.1 Å². The monoisotopic (exact) mass is 435 g/mol. The van der Waals surface area contributed by atoms with Crippen LogP contribution in [0.4, 0.5) is 5.69 Å². The number of nitrogens with zero attached hydrogens (tertiary/aromatic N) is 4. The summed E-state index contributed by atoms with van der Waals surface area (Å²) in [6.45, 7) is 3.72. The van der Waals surface area contributed by atoms with Crippen LogP contribution in [0.1, 0.15) is 49.7 Å². The van der Waals surface area contributed by atoms with Crippen LogP contribution >= 0.6 is 0 Å². The number of nitrogens with two attached hydrogens (primary N) is 1. The van der Waals surface area contributed by atoms with Crippen molar-refractivity contribution in [1.29, 1.82) is 0 Å². The predicted octanol–water partition coefficient (Wildman–Crippen LogP) is 5.05. The van der Waals surface area contributed by atoms with Gasteiger partial charge in [-0.05, 0) is 55.7 Å². The van der Waals surface area contributed by atoms with Crippen molar-refractivity contribution in [2.45, 2.75) is 52.0 Å². The lowest BCUT2D eigenvalue weighted by Crippen LogP contribution is -2.12. The van der Waals surface area contributed by atoms with Crippen LogP contribution < -0.4 is 15.2 Å².